The van der Waals surface area contributed by atoms with E-state index in [-0.39, 0.29) is 0 Å². The minimum atomic E-state index is 0.531. The van der Waals surface area contributed by atoms with Gasteiger partial charge < -0.3 is 20.1 Å². The smallest absolute Gasteiger partial charge is 0.170 e. The lowest BCUT2D eigenvalue weighted by Crippen LogP contribution is -2.31. The van der Waals surface area contributed by atoms with Gasteiger partial charge in [-0.1, -0.05) is 30.3 Å². The third-order valence-electron chi connectivity index (χ3n) is 3.80. The molecule has 4 nitrogen and oxygen atoms in total. The normalized spacial score (nSPS) is 10.3. The molecule has 0 radical (unpaired) electrons. The lowest BCUT2D eigenvalue weighted by molar-refractivity contribution is 0.323. The molecule has 0 saturated heterocycles. The number of hydrogen-bond donors (Lipinski definition) is 2. The van der Waals surface area contributed by atoms with Gasteiger partial charge in [0.25, 0.3) is 0 Å². The van der Waals surface area contributed by atoms with Crippen LogP contribution in [-0.2, 0) is 0 Å². The highest BCUT2D eigenvalue weighted by Crippen LogP contribution is 2.20. The van der Waals surface area contributed by atoms with Crippen molar-refractivity contribution in [1.29, 1.82) is 0 Å². The van der Waals surface area contributed by atoms with Gasteiger partial charge in [0.2, 0.25) is 0 Å². The van der Waals surface area contributed by atoms with E-state index in [0.717, 1.165) is 17.2 Å². The van der Waals surface area contributed by atoms with Gasteiger partial charge in [-0.15, -0.1) is 0 Å². The van der Waals surface area contributed by atoms with Crippen LogP contribution in [0, 0.1) is 0 Å². The zero-order valence-electron chi connectivity index (χ0n) is 14.7. The average molecular weight is 366 g/mol. The quantitative estimate of drug-likeness (QED) is 0.472. The van der Waals surface area contributed by atoms with Crippen molar-refractivity contribution in [3.8, 4) is 11.5 Å². The van der Waals surface area contributed by atoms with E-state index in [2.05, 4.69) is 28.8 Å². The van der Waals surface area contributed by atoms with Gasteiger partial charge in [-0.2, -0.15) is 0 Å². The number of nitrogens with one attached hydrogen (secondary N) is 2. The van der Waals surface area contributed by atoms with Crippen molar-refractivity contribution < 1.29 is 9.47 Å². The molecule has 0 aromatic heterocycles. The molecule has 2 N–H and O–H groups in total. The first-order chi connectivity index (χ1) is 12.7. The van der Waals surface area contributed by atoms with Gasteiger partial charge >= 0.3 is 0 Å². The van der Waals surface area contributed by atoms with Crippen molar-refractivity contribution in [2.24, 2.45) is 0 Å². The molecule has 0 saturated carbocycles. The van der Waals surface area contributed by atoms with Gasteiger partial charge in [-0.3, -0.25) is 0 Å². The highest BCUT2D eigenvalue weighted by Gasteiger charge is 2.00. The Labute approximate surface area is 159 Å². The summed E-state index contributed by atoms with van der Waals surface area (Å²) in [5.41, 5.74) is 0.918. The van der Waals surface area contributed by atoms with E-state index in [1.807, 2.05) is 55.5 Å². The van der Waals surface area contributed by atoms with Crippen LogP contribution in [0.5, 0.6) is 11.5 Å². The van der Waals surface area contributed by atoms with Crippen molar-refractivity contribution in [1.82, 2.24) is 5.32 Å². The van der Waals surface area contributed by atoms with Gasteiger partial charge in [0, 0.05) is 5.69 Å². The predicted molar refractivity (Wildman–Crippen MR) is 111 cm³/mol. The molecule has 0 amide bonds. The van der Waals surface area contributed by atoms with Gasteiger partial charge in [-0.05, 0) is 66.3 Å². The number of anilines is 1. The fourth-order valence-electron chi connectivity index (χ4n) is 2.57. The molecule has 26 heavy (non-hydrogen) atoms. The molecule has 0 fully saturated rings. The van der Waals surface area contributed by atoms with Gasteiger partial charge in [-0.25, -0.2) is 0 Å². The third kappa shape index (κ3) is 5.10. The standard InChI is InChI=1S/C21H22N2O2S/c1-2-24-19-11-8-18(9-12-19)23-21(26)22-13-14-25-20-10-7-16-5-3-4-6-17(16)15-20/h3-12,15H,2,13-14H2,1H3,(H2,22,23,26). The summed E-state index contributed by atoms with van der Waals surface area (Å²) in [6, 6.07) is 22.0. The highest BCUT2D eigenvalue weighted by atomic mass is 32.1. The maximum absolute atomic E-state index is 5.79. The van der Waals surface area contributed by atoms with E-state index >= 15 is 0 Å². The summed E-state index contributed by atoms with van der Waals surface area (Å²) < 4.78 is 11.2. The molecule has 0 heterocycles. The zero-order chi connectivity index (χ0) is 18.2. The van der Waals surface area contributed by atoms with Crippen LogP contribution in [0.1, 0.15) is 6.92 Å². The molecule has 0 aliphatic rings. The molecule has 3 aromatic rings. The van der Waals surface area contributed by atoms with Crippen molar-refractivity contribution in [2.75, 3.05) is 25.1 Å². The Hall–Kier alpha value is -2.79. The topological polar surface area (TPSA) is 42.5 Å². The Kier molecular flexibility index (Phi) is 6.28. The molecule has 134 valence electrons. The maximum Gasteiger partial charge on any atom is 0.170 e. The second-order valence-corrected chi connectivity index (χ2v) is 6.10. The van der Waals surface area contributed by atoms with E-state index in [4.69, 9.17) is 21.7 Å². The molecule has 0 atom stereocenters. The van der Waals surface area contributed by atoms with E-state index in [9.17, 15) is 0 Å². The molecule has 3 aromatic carbocycles. The number of thiocarbonyl (C=S) groups is 1. The first-order valence-electron chi connectivity index (χ1n) is 8.64. The van der Waals surface area contributed by atoms with E-state index < -0.39 is 0 Å². The predicted octanol–water partition coefficient (Wildman–Crippen LogP) is 4.60. The first-order valence-corrected chi connectivity index (χ1v) is 9.05. The van der Waals surface area contributed by atoms with Crippen molar-refractivity contribution in [2.45, 2.75) is 6.92 Å². The average Bonchev–Trinajstić information content (AvgIpc) is 2.67. The summed E-state index contributed by atoms with van der Waals surface area (Å²) in [4.78, 5) is 0. The molecule has 0 spiro atoms. The second kappa shape index (κ2) is 9.06. The summed E-state index contributed by atoms with van der Waals surface area (Å²) in [5, 5.41) is 9.23. The van der Waals surface area contributed by atoms with Crippen molar-refractivity contribution >= 4 is 33.8 Å². The molecular formula is C21H22N2O2S. The Morgan fingerprint density at radius 3 is 2.38 bits per heavy atom. The summed E-state index contributed by atoms with van der Waals surface area (Å²) in [7, 11) is 0. The lowest BCUT2D eigenvalue weighted by atomic mass is 10.1. The minimum absolute atomic E-state index is 0.531. The minimum Gasteiger partial charge on any atom is -0.494 e. The van der Waals surface area contributed by atoms with Gasteiger partial charge in [0.05, 0.1) is 13.2 Å². The summed E-state index contributed by atoms with van der Waals surface area (Å²) in [6.45, 7) is 3.77. The van der Waals surface area contributed by atoms with Crippen molar-refractivity contribution in [3.63, 3.8) is 0 Å². The monoisotopic (exact) mass is 366 g/mol. The molecule has 0 bridgehead atoms. The van der Waals surface area contributed by atoms with Crippen LogP contribution in [0.25, 0.3) is 10.8 Å². The maximum atomic E-state index is 5.79. The van der Waals surface area contributed by atoms with E-state index in [0.29, 0.717) is 24.9 Å². The Morgan fingerprint density at radius 2 is 1.62 bits per heavy atom. The summed E-state index contributed by atoms with van der Waals surface area (Å²) in [5.74, 6) is 1.71. The molecule has 0 aliphatic carbocycles. The lowest BCUT2D eigenvalue weighted by Gasteiger charge is -2.12. The van der Waals surface area contributed by atoms with Gasteiger partial charge in [0.15, 0.2) is 5.11 Å². The highest BCUT2D eigenvalue weighted by molar-refractivity contribution is 7.80. The summed E-state index contributed by atoms with van der Waals surface area (Å²) >= 11 is 5.30. The molecule has 0 unspecified atom stereocenters. The second-order valence-electron chi connectivity index (χ2n) is 5.70. The SMILES string of the molecule is CCOc1ccc(NC(=S)NCCOc2ccc3ccccc3c2)cc1. The van der Waals surface area contributed by atoms with Crippen LogP contribution in [-0.4, -0.2) is 24.9 Å². The summed E-state index contributed by atoms with van der Waals surface area (Å²) in [6.07, 6.45) is 0. The Morgan fingerprint density at radius 1 is 0.885 bits per heavy atom. The van der Waals surface area contributed by atoms with Crippen LogP contribution in [0.3, 0.4) is 0 Å². The Bertz CT molecular complexity index is 865. The largest absolute Gasteiger partial charge is 0.494 e. The molecular weight excluding hydrogens is 344 g/mol. The molecule has 3 rings (SSSR count). The van der Waals surface area contributed by atoms with Crippen molar-refractivity contribution in [3.05, 3.63) is 66.7 Å². The molecule has 0 aliphatic heterocycles. The Balaban J connectivity index is 1.41. The number of rotatable bonds is 7. The van der Waals surface area contributed by atoms with Crippen LogP contribution < -0.4 is 20.1 Å². The van der Waals surface area contributed by atoms with E-state index in [1.54, 1.807) is 0 Å². The fourth-order valence-corrected chi connectivity index (χ4v) is 2.79. The van der Waals surface area contributed by atoms with Crippen LogP contribution in [0.2, 0.25) is 0 Å². The number of fused-ring (bicyclic) bond motifs is 1. The zero-order valence-corrected chi connectivity index (χ0v) is 15.5. The first kappa shape index (κ1) is 18.0. The van der Waals surface area contributed by atoms with Gasteiger partial charge in [0.1, 0.15) is 18.1 Å². The number of benzene rings is 3. The fraction of sp³-hybridized carbons (Fsp3) is 0.190. The van der Waals surface area contributed by atoms with Crippen LogP contribution in [0.15, 0.2) is 66.7 Å². The van der Waals surface area contributed by atoms with Crippen LogP contribution in [0.4, 0.5) is 5.69 Å². The van der Waals surface area contributed by atoms with E-state index in [1.165, 1.54) is 10.8 Å². The number of hydrogen-bond acceptors (Lipinski definition) is 3. The van der Waals surface area contributed by atoms with Crippen LogP contribution >= 0.6 is 12.2 Å². The molecule has 5 heteroatoms. The third-order valence-corrected chi connectivity index (χ3v) is 4.05. The number of ether oxygens (including phenoxy) is 2.